The Morgan fingerprint density at radius 3 is 2.60 bits per heavy atom. The van der Waals surface area contributed by atoms with Crippen LogP contribution in [-0.2, 0) is 10.3 Å². The predicted octanol–water partition coefficient (Wildman–Crippen LogP) is 5.68. The first kappa shape index (κ1) is 15.9. The lowest BCUT2D eigenvalue weighted by Gasteiger charge is -2.39. The van der Waals surface area contributed by atoms with Crippen LogP contribution in [0.5, 0.6) is 0 Å². The quantitative estimate of drug-likeness (QED) is 0.609. The Kier molecular flexibility index (Phi) is 4.06. The largest absolute Gasteiger partial charge is 0.438 e. The summed E-state index contributed by atoms with van der Waals surface area (Å²) in [5.74, 6) is 0. The van der Waals surface area contributed by atoms with Crippen LogP contribution in [-0.4, -0.2) is 12.6 Å². The number of cyclic esters (lactones) is 1. The molecule has 1 atom stereocenters. The average Bonchev–Trinajstić information content (AvgIpc) is 3.17. The van der Waals surface area contributed by atoms with Gasteiger partial charge in [0, 0.05) is 23.5 Å². The van der Waals surface area contributed by atoms with Crippen molar-refractivity contribution >= 4 is 23.1 Å². The molecule has 4 rings (SSSR count). The third-order valence-corrected chi connectivity index (χ3v) is 5.61. The molecule has 2 heterocycles. The highest BCUT2D eigenvalue weighted by molar-refractivity contribution is 7.13. The van der Waals surface area contributed by atoms with E-state index in [0.717, 1.165) is 23.2 Å². The second-order valence-corrected chi connectivity index (χ2v) is 7.34. The zero-order valence-electron chi connectivity index (χ0n) is 14.0. The van der Waals surface area contributed by atoms with Gasteiger partial charge in [-0.1, -0.05) is 48.5 Å². The molecule has 2 aromatic carbocycles. The number of hydrogen-bond acceptors (Lipinski definition) is 3. The molecule has 1 aliphatic rings. The molecule has 3 nitrogen and oxygen atoms in total. The van der Waals surface area contributed by atoms with E-state index < -0.39 is 5.60 Å². The van der Waals surface area contributed by atoms with Crippen molar-refractivity contribution in [1.82, 2.24) is 0 Å². The highest BCUT2D eigenvalue weighted by atomic mass is 32.1. The van der Waals surface area contributed by atoms with Gasteiger partial charge in [0.25, 0.3) is 0 Å². The molecule has 126 valence electrons. The molecule has 0 spiro atoms. The average molecular weight is 349 g/mol. The minimum Gasteiger partial charge on any atom is -0.438 e. The lowest BCUT2D eigenvalue weighted by Crippen LogP contribution is -2.46. The maximum atomic E-state index is 12.7. The van der Waals surface area contributed by atoms with Crippen molar-refractivity contribution in [3.63, 3.8) is 0 Å². The molecule has 1 unspecified atom stereocenters. The molecule has 1 saturated heterocycles. The van der Waals surface area contributed by atoms with Gasteiger partial charge in [0.1, 0.15) is 5.60 Å². The predicted molar refractivity (Wildman–Crippen MR) is 102 cm³/mol. The van der Waals surface area contributed by atoms with Crippen molar-refractivity contribution in [3.8, 4) is 10.4 Å². The molecule has 0 radical (unpaired) electrons. The van der Waals surface area contributed by atoms with Crippen LogP contribution >= 0.6 is 11.3 Å². The summed E-state index contributed by atoms with van der Waals surface area (Å²) < 4.78 is 5.85. The number of anilines is 1. The van der Waals surface area contributed by atoms with Crippen molar-refractivity contribution in [2.75, 3.05) is 11.4 Å². The number of carbonyl (C=O) groups excluding carboxylic acids is 1. The Balaban J connectivity index is 1.58. The Bertz CT molecular complexity index is 876. The van der Waals surface area contributed by atoms with Crippen molar-refractivity contribution in [3.05, 3.63) is 77.7 Å². The first-order valence-electron chi connectivity index (χ1n) is 8.36. The minimum absolute atomic E-state index is 0.291. The Labute approximate surface area is 151 Å². The molecule has 0 N–H and O–H groups in total. The van der Waals surface area contributed by atoms with Crippen LogP contribution in [0.1, 0.15) is 18.9 Å². The van der Waals surface area contributed by atoms with Crippen molar-refractivity contribution < 1.29 is 9.53 Å². The van der Waals surface area contributed by atoms with E-state index in [9.17, 15) is 4.79 Å². The maximum Gasteiger partial charge on any atom is 0.415 e. The second kappa shape index (κ2) is 6.37. The Morgan fingerprint density at radius 2 is 1.88 bits per heavy atom. The van der Waals surface area contributed by atoms with Crippen LogP contribution in [0.15, 0.2) is 72.1 Å². The van der Waals surface area contributed by atoms with Crippen molar-refractivity contribution in [2.45, 2.75) is 18.9 Å². The number of carbonyl (C=O) groups is 1. The minimum atomic E-state index is -0.569. The fourth-order valence-electron chi connectivity index (χ4n) is 3.21. The van der Waals surface area contributed by atoms with Crippen LogP contribution in [0.4, 0.5) is 10.5 Å². The Morgan fingerprint density at radius 1 is 1.04 bits per heavy atom. The summed E-state index contributed by atoms with van der Waals surface area (Å²) in [7, 11) is 0. The lowest BCUT2D eigenvalue weighted by molar-refractivity contribution is 0.00583. The smallest absolute Gasteiger partial charge is 0.415 e. The van der Waals surface area contributed by atoms with Gasteiger partial charge >= 0.3 is 6.09 Å². The lowest BCUT2D eigenvalue weighted by atomic mass is 9.91. The zero-order valence-corrected chi connectivity index (χ0v) is 14.8. The van der Waals surface area contributed by atoms with Gasteiger partial charge in [-0.3, -0.25) is 4.90 Å². The van der Waals surface area contributed by atoms with Gasteiger partial charge in [-0.25, -0.2) is 4.79 Å². The molecule has 1 amide bonds. The molecule has 3 aromatic rings. The fourth-order valence-corrected chi connectivity index (χ4v) is 3.94. The summed E-state index contributed by atoms with van der Waals surface area (Å²) in [5.41, 5.74) is 2.47. The number of rotatable bonds is 3. The zero-order chi connectivity index (χ0) is 17.3. The molecule has 1 fully saturated rings. The SMILES string of the molecule is CC1(c2ccccc2)CCN(c2cccc(-c3cccs3)c2)C(=O)O1. The molecular weight excluding hydrogens is 330 g/mol. The van der Waals surface area contributed by atoms with Crippen molar-refractivity contribution in [1.29, 1.82) is 0 Å². The van der Waals surface area contributed by atoms with Gasteiger partial charge < -0.3 is 4.74 Å². The molecular formula is C21H19NO2S. The molecule has 25 heavy (non-hydrogen) atoms. The van der Waals surface area contributed by atoms with E-state index in [0.29, 0.717) is 6.54 Å². The van der Waals surface area contributed by atoms with Gasteiger partial charge in [0.05, 0.1) is 0 Å². The van der Waals surface area contributed by atoms with E-state index in [1.807, 2.05) is 55.5 Å². The number of nitrogens with zero attached hydrogens (tertiary/aromatic N) is 1. The highest BCUT2D eigenvalue weighted by Gasteiger charge is 2.38. The van der Waals surface area contributed by atoms with Gasteiger partial charge in [-0.05, 0) is 41.6 Å². The second-order valence-electron chi connectivity index (χ2n) is 6.39. The van der Waals surface area contributed by atoms with Crippen LogP contribution in [0.25, 0.3) is 10.4 Å². The Hall–Kier alpha value is -2.59. The third kappa shape index (κ3) is 3.05. The molecule has 4 heteroatoms. The monoisotopic (exact) mass is 349 g/mol. The van der Waals surface area contributed by atoms with Gasteiger partial charge in [0.15, 0.2) is 0 Å². The van der Waals surface area contributed by atoms with E-state index in [1.54, 1.807) is 16.2 Å². The van der Waals surface area contributed by atoms with E-state index in [-0.39, 0.29) is 6.09 Å². The maximum absolute atomic E-state index is 12.7. The molecule has 1 aromatic heterocycles. The van der Waals surface area contributed by atoms with E-state index in [1.165, 1.54) is 4.88 Å². The van der Waals surface area contributed by atoms with Gasteiger partial charge in [0.2, 0.25) is 0 Å². The van der Waals surface area contributed by atoms with E-state index in [4.69, 9.17) is 4.74 Å². The molecule has 0 bridgehead atoms. The first-order chi connectivity index (χ1) is 12.2. The summed E-state index contributed by atoms with van der Waals surface area (Å²) >= 11 is 1.69. The van der Waals surface area contributed by atoms with Crippen LogP contribution in [0.2, 0.25) is 0 Å². The van der Waals surface area contributed by atoms with E-state index in [2.05, 4.69) is 23.6 Å². The van der Waals surface area contributed by atoms with Crippen LogP contribution in [0.3, 0.4) is 0 Å². The van der Waals surface area contributed by atoms with E-state index >= 15 is 0 Å². The third-order valence-electron chi connectivity index (χ3n) is 4.69. The van der Waals surface area contributed by atoms with Crippen LogP contribution < -0.4 is 4.90 Å². The number of ether oxygens (including phenoxy) is 1. The first-order valence-corrected chi connectivity index (χ1v) is 9.24. The molecule has 1 aliphatic heterocycles. The molecule has 0 saturated carbocycles. The molecule has 0 aliphatic carbocycles. The van der Waals surface area contributed by atoms with Crippen molar-refractivity contribution in [2.24, 2.45) is 0 Å². The number of amides is 1. The highest BCUT2D eigenvalue weighted by Crippen LogP contribution is 2.36. The number of benzene rings is 2. The summed E-state index contributed by atoms with van der Waals surface area (Å²) in [5, 5.41) is 2.06. The number of thiophene rings is 1. The summed E-state index contributed by atoms with van der Waals surface area (Å²) in [4.78, 5) is 15.6. The summed E-state index contributed by atoms with van der Waals surface area (Å²) in [6.45, 7) is 2.62. The number of hydrogen-bond donors (Lipinski definition) is 0. The summed E-state index contributed by atoms with van der Waals surface area (Å²) in [6, 6.07) is 22.2. The standard InChI is InChI=1S/C21H19NO2S/c1-21(17-8-3-2-4-9-17)12-13-22(20(23)24-21)18-10-5-7-16(15-18)19-11-6-14-25-19/h2-11,14-15H,12-13H2,1H3. The summed E-state index contributed by atoms with van der Waals surface area (Å²) in [6.07, 6.45) is 0.465. The van der Waals surface area contributed by atoms with Crippen LogP contribution in [0, 0.1) is 0 Å². The fraction of sp³-hybridized carbons (Fsp3) is 0.190. The normalized spacial score (nSPS) is 20.4. The topological polar surface area (TPSA) is 29.5 Å². The van der Waals surface area contributed by atoms with Gasteiger partial charge in [-0.2, -0.15) is 0 Å². The van der Waals surface area contributed by atoms with Gasteiger partial charge in [-0.15, -0.1) is 11.3 Å².